The second-order valence-corrected chi connectivity index (χ2v) is 6.91. The average Bonchev–Trinajstić information content (AvgIpc) is 2.94. The molecule has 0 aliphatic rings. The third-order valence-corrected chi connectivity index (χ3v) is 4.25. The van der Waals surface area contributed by atoms with Gasteiger partial charge in [-0.3, -0.25) is 0 Å². The molecular formula is C15H17Cl2N3O3. The molecule has 0 aliphatic heterocycles. The minimum atomic E-state index is -0.944. The number of nitrogens with two attached hydrogens (primary N) is 1. The van der Waals surface area contributed by atoms with Gasteiger partial charge in [-0.05, 0) is 17.0 Å². The van der Waals surface area contributed by atoms with Crippen molar-refractivity contribution in [3.05, 3.63) is 46.0 Å². The van der Waals surface area contributed by atoms with Gasteiger partial charge in [0.05, 0.1) is 10.0 Å². The number of halogens is 2. The molecule has 2 rings (SSSR count). The lowest BCUT2D eigenvalue weighted by molar-refractivity contribution is 0.0370. The largest absolute Gasteiger partial charge is 0.436 e. The Bertz CT molecular complexity index is 684. The molecular weight excluding hydrogens is 341 g/mol. The van der Waals surface area contributed by atoms with Crippen molar-refractivity contribution in [2.75, 3.05) is 0 Å². The van der Waals surface area contributed by atoms with E-state index in [1.807, 2.05) is 26.8 Å². The van der Waals surface area contributed by atoms with E-state index in [2.05, 4.69) is 10.1 Å². The third kappa shape index (κ3) is 3.95. The van der Waals surface area contributed by atoms with E-state index in [4.69, 9.17) is 38.2 Å². The van der Waals surface area contributed by atoms with Crippen molar-refractivity contribution in [1.29, 1.82) is 0 Å². The molecule has 1 aromatic heterocycles. The maximum atomic E-state index is 11.4. The Morgan fingerprint density at radius 2 is 2.04 bits per heavy atom. The van der Waals surface area contributed by atoms with Crippen molar-refractivity contribution in [2.45, 2.75) is 32.8 Å². The van der Waals surface area contributed by atoms with E-state index in [1.54, 1.807) is 12.1 Å². The first-order valence-electron chi connectivity index (χ1n) is 6.88. The van der Waals surface area contributed by atoms with Crippen LogP contribution in [0.25, 0.3) is 0 Å². The molecule has 6 nitrogen and oxygen atoms in total. The molecule has 1 aromatic carbocycles. The van der Waals surface area contributed by atoms with Crippen LogP contribution in [0, 0.1) is 5.41 Å². The number of ether oxygens (including phenoxy) is 1. The first-order chi connectivity index (χ1) is 10.7. The van der Waals surface area contributed by atoms with Gasteiger partial charge in [0.2, 0.25) is 0 Å². The number of carbonyl (C=O) groups is 1. The Hall–Kier alpha value is -1.79. The van der Waals surface area contributed by atoms with Crippen LogP contribution in [0.3, 0.4) is 0 Å². The predicted octanol–water partition coefficient (Wildman–Crippen LogP) is 4.34. The molecule has 0 aliphatic carbocycles. The van der Waals surface area contributed by atoms with Gasteiger partial charge in [-0.25, -0.2) is 4.79 Å². The summed E-state index contributed by atoms with van der Waals surface area (Å²) >= 11 is 12.5. The molecule has 0 bridgehead atoms. The fourth-order valence-corrected chi connectivity index (χ4v) is 2.96. The fourth-order valence-electron chi connectivity index (χ4n) is 2.54. The smallest absolute Gasteiger partial charge is 0.405 e. The molecule has 0 fully saturated rings. The molecule has 2 unspecified atom stereocenters. The zero-order valence-electron chi connectivity index (χ0n) is 12.9. The average molecular weight is 358 g/mol. The highest BCUT2D eigenvalue weighted by molar-refractivity contribution is 6.42. The summed E-state index contributed by atoms with van der Waals surface area (Å²) in [6, 6.07) is 5.28. The van der Waals surface area contributed by atoms with Gasteiger partial charge in [-0.2, -0.15) is 4.98 Å². The second-order valence-electron chi connectivity index (χ2n) is 6.12. The highest BCUT2D eigenvalue weighted by atomic mass is 35.5. The monoisotopic (exact) mass is 357 g/mol. The molecule has 0 spiro atoms. The van der Waals surface area contributed by atoms with Crippen LogP contribution in [0.15, 0.2) is 29.0 Å². The normalized spacial score (nSPS) is 14.3. The first kappa shape index (κ1) is 17.6. The summed E-state index contributed by atoms with van der Waals surface area (Å²) in [6.45, 7) is 5.92. The van der Waals surface area contributed by atoms with Crippen LogP contribution >= 0.6 is 23.2 Å². The number of rotatable bonds is 4. The van der Waals surface area contributed by atoms with E-state index in [1.165, 1.54) is 6.33 Å². The third-order valence-electron chi connectivity index (χ3n) is 3.42. The molecule has 1 heterocycles. The highest BCUT2D eigenvalue weighted by Gasteiger charge is 2.41. The number of aromatic nitrogens is 2. The molecule has 2 aromatic rings. The minimum Gasteiger partial charge on any atom is -0.436 e. The van der Waals surface area contributed by atoms with E-state index in [9.17, 15) is 4.79 Å². The van der Waals surface area contributed by atoms with Crippen LogP contribution < -0.4 is 5.73 Å². The molecule has 2 N–H and O–H groups in total. The van der Waals surface area contributed by atoms with Gasteiger partial charge in [-0.15, -0.1) is 0 Å². The standard InChI is InChI=1S/C15H17Cl2N3O3/c1-15(2,3)10(8-5-4-6-9(16)11(8)17)12(22-14(18)21)13-19-7-20-23-13/h4-7,10,12H,1-3H3,(H2,18,21). The number of benzene rings is 1. The molecule has 1 amide bonds. The van der Waals surface area contributed by atoms with Gasteiger partial charge in [0.1, 0.15) is 0 Å². The van der Waals surface area contributed by atoms with Crippen LogP contribution in [0.4, 0.5) is 4.79 Å². The topological polar surface area (TPSA) is 91.2 Å². The Morgan fingerprint density at radius 1 is 1.35 bits per heavy atom. The Morgan fingerprint density at radius 3 is 2.57 bits per heavy atom. The number of hydrogen-bond donors (Lipinski definition) is 1. The molecule has 124 valence electrons. The lowest BCUT2D eigenvalue weighted by Gasteiger charge is -2.35. The quantitative estimate of drug-likeness (QED) is 0.878. The van der Waals surface area contributed by atoms with Gasteiger partial charge in [-0.1, -0.05) is 61.3 Å². The predicted molar refractivity (Wildman–Crippen MR) is 86.4 cm³/mol. The maximum absolute atomic E-state index is 11.4. The molecule has 23 heavy (non-hydrogen) atoms. The summed E-state index contributed by atoms with van der Waals surface area (Å²) in [5, 5.41) is 4.36. The maximum Gasteiger partial charge on any atom is 0.405 e. The van der Waals surface area contributed by atoms with Gasteiger partial charge >= 0.3 is 6.09 Å². The van der Waals surface area contributed by atoms with Crippen molar-refractivity contribution < 1.29 is 14.1 Å². The van der Waals surface area contributed by atoms with Gasteiger partial charge < -0.3 is 15.0 Å². The zero-order valence-corrected chi connectivity index (χ0v) is 14.4. The van der Waals surface area contributed by atoms with E-state index in [0.717, 1.165) is 0 Å². The van der Waals surface area contributed by atoms with Crippen LogP contribution in [-0.2, 0) is 4.74 Å². The van der Waals surface area contributed by atoms with E-state index >= 15 is 0 Å². The lowest BCUT2D eigenvalue weighted by Crippen LogP contribution is -2.30. The minimum absolute atomic E-state index is 0.139. The number of amides is 1. The summed E-state index contributed by atoms with van der Waals surface area (Å²) in [5.41, 5.74) is 5.55. The lowest BCUT2D eigenvalue weighted by atomic mass is 9.73. The highest BCUT2D eigenvalue weighted by Crippen LogP contribution is 2.48. The van der Waals surface area contributed by atoms with Gasteiger partial charge in [0, 0.05) is 5.92 Å². The van der Waals surface area contributed by atoms with Gasteiger partial charge in [0.15, 0.2) is 12.4 Å². The number of nitrogens with zero attached hydrogens (tertiary/aromatic N) is 2. The molecule has 0 saturated carbocycles. The van der Waals surface area contributed by atoms with Crippen LogP contribution in [0.2, 0.25) is 10.0 Å². The number of hydrogen-bond acceptors (Lipinski definition) is 5. The van der Waals surface area contributed by atoms with Crippen molar-refractivity contribution in [3.63, 3.8) is 0 Å². The van der Waals surface area contributed by atoms with Crippen molar-refractivity contribution in [2.24, 2.45) is 11.1 Å². The Labute approximate surface area is 143 Å². The Balaban J connectivity index is 2.60. The van der Waals surface area contributed by atoms with Crippen LogP contribution in [-0.4, -0.2) is 16.2 Å². The summed E-state index contributed by atoms with van der Waals surface area (Å²) in [5.74, 6) is -0.263. The summed E-state index contributed by atoms with van der Waals surface area (Å²) in [7, 11) is 0. The summed E-state index contributed by atoms with van der Waals surface area (Å²) in [6.07, 6.45) is -0.599. The van der Waals surface area contributed by atoms with Crippen molar-refractivity contribution >= 4 is 29.3 Å². The Kier molecular flexibility index (Phi) is 5.16. The van der Waals surface area contributed by atoms with E-state index in [0.29, 0.717) is 15.6 Å². The van der Waals surface area contributed by atoms with Crippen molar-refractivity contribution in [3.8, 4) is 0 Å². The van der Waals surface area contributed by atoms with Gasteiger partial charge in [0.25, 0.3) is 5.89 Å². The first-order valence-corrected chi connectivity index (χ1v) is 7.64. The molecule has 0 saturated heterocycles. The SMILES string of the molecule is CC(C)(C)C(c1cccc(Cl)c1Cl)C(OC(N)=O)c1ncno1. The van der Waals surface area contributed by atoms with E-state index in [-0.39, 0.29) is 11.3 Å². The number of primary amides is 1. The fraction of sp³-hybridized carbons (Fsp3) is 0.400. The molecule has 0 radical (unpaired) electrons. The van der Waals surface area contributed by atoms with E-state index < -0.39 is 18.1 Å². The van der Waals surface area contributed by atoms with Crippen molar-refractivity contribution in [1.82, 2.24) is 10.1 Å². The molecule has 8 heteroatoms. The summed E-state index contributed by atoms with van der Waals surface area (Å²) in [4.78, 5) is 15.4. The molecule has 2 atom stereocenters. The van der Waals surface area contributed by atoms with Crippen LogP contribution in [0.5, 0.6) is 0 Å². The second kappa shape index (κ2) is 6.76. The zero-order chi connectivity index (χ0) is 17.2. The summed E-state index contributed by atoms with van der Waals surface area (Å²) < 4.78 is 10.4. The number of carbonyl (C=O) groups excluding carboxylic acids is 1. The van der Waals surface area contributed by atoms with Crippen LogP contribution in [0.1, 0.15) is 44.2 Å².